The molecule has 0 aromatic heterocycles. The molecule has 0 saturated carbocycles. The van der Waals surface area contributed by atoms with E-state index in [9.17, 15) is 168 Å². The number of aliphatic hydroxyl groups is 2. The van der Waals surface area contributed by atoms with Crippen LogP contribution in [0.4, 0.5) is 149 Å². The molecule has 0 spiro atoms. The molecule has 10 nitrogen and oxygen atoms in total. The third kappa shape index (κ3) is 16.8. The summed E-state index contributed by atoms with van der Waals surface area (Å²) in [4.78, 5) is 44.0. The van der Waals surface area contributed by atoms with Gasteiger partial charge < -0.3 is 29.2 Å². The van der Waals surface area contributed by atoms with Crippen molar-refractivity contribution in [2.75, 3.05) is 26.4 Å². The first-order valence-corrected chi connectivity index (χ1v) is 21.5. The number of hydrogen-bond acceptors (Lipinski definition) is 10. The summed E-state index contributed by atoms with van der Waals surface area (Å²) in [6, 6.07) is 8.75. The predicted molar refractivity (Wildman–Crippen MR) is 217 cm³/mol. The van der Waals surface area contributed by atoms with Gasteiger partial charge in [-0.1, -0.05) is 51.8 Å². The molecule has 0 aliphatic rings. The molecule has 1 aromatic rings. The van der Waals surface area contributed by atoms with Gasteiger partial charge in [-0.3, -0.25) is 0 Å². The highest BCUT2D eigenvalue weighted by atomic mass is 19.5. The minimum atomic E-state index is -9.11. The molecule has 0 heterocycles. The molecule has 0 radical (unpaired) electrons. The molecule has 0 amide bonds. The molecule has 1 aromatic carbocycles. The monoisotopic (exact) mass is 1360 g/mol. The highest BCUT2D eigenvalue weighted by molar-refractivity contribution is 5.89. The second-order valence-electron chi connectivity index (χ2n) is 17.6. The molecule has 44 heteroatoms. The smallest absolute Gasteiger partial charge is 0.438 e. The van der Waals surface area contributed by atoms with Gasteiger partial charge in [0, 0.05) is 36.5 Å². The first kappa shape index (κ1) is 82.9. The summed E-state index contributed by atoms with van der Waals surface area (Å²) in [7, 11) is 0. The zero-order valence-corrected chi connectivity index (χ0v) is 42.1. The molecule has 2 N–H and O–H groups in total. The van der Waals surface area contributed by atoms with Crippen molar-refractivity contribution < 1.29 is 198 Å². The summed E-state index contributed by atoms with van der Waals surface area (Å²) in [5.74, 6) is -86.1. The minimum absolute atomic E-state index is 0.167. The van der Waals surface area contributed by atoms with Crippen LogP contribution < -0.4 is 0 Å². The second kappa shape index (κ2) is 27.3. The minimum Gasteiger partial charge on any atom is -0.462 e. The highest BCUT2D eigenvalue weighted by Crippen LogP contribution is 2.67. The second-order valence-corrected chi connectivity index (χ2v) is 17.6. The van der Waals surface area contributed by atoms with Gasteiger partial charge in [0.1, 0.15) is 13.2 Å². The quantitative estimate of drug-likeness (QED) is 0.0398. The third-order valence-corrected chi connectivity index (χ3v) is 10.2. The van der Waals surface area contributed by atoms with Crippen LogP contribution >= 0.6 is 0 Å². The number of alkyl halides is 34. The van der Waals surface area contributed by atoms with Crippen molar-refractivity contribution in [3.63, 3.8) is 0 Å². The van der Waals surface area contributed by atoms with Crippen molar-refractivity contribution in [2.24, 2.45) is 5.41 Å². The van der Waals surface area contributed by atoms with Gasteiger partial charge in [0.15, 0.2) is 0 Å². The lowest BCUT2D eigenvalue weighted by Crippen LogP contribution is -2.77. The molecule has 0 fully saturated rings. The predicted octanol–water partition coefficient (Wildman–Crippen LogP) is 13.6. The zero-order chi connectivity index (χ0) is 70.3. The number of halogens is 34. The van der Waals surface area contributed by atoms with Crippen molar-refractivity contribution in [2.45, 2.75) is 134 Å². The van der Waals surface area contributed by atoms with Gasteiger partial charge in [0.2, 0.25) is 0 Å². The van der Waals surface area contributed by atoms with E-state index in [1.165, 1.54) is 0 Å². The van der Waals surface area contributed by atoms with Gasteiger partial charge in [-0.25, -0.2) is 28.0 Å². The van der Waals surface area contributed by atoms with Gasteiger partial charge >= 0.3 is 119 Å². The number of benzene rings is 1. The van der Waals surface area contributed by atoms with Gasteiger partial charge in [0.05, 0.1) is 31.0 Å². The maximum atomic E-state index is 13.7. The lowest BCUT2D eigenvalue weighted by molar-refractivity contribution is -0.472. The molecule has 0 bridgehead atoms. The largest absolute Gasteiger partial charge is 0.462 e. The van der Waals surface area contributed by atoms with Crippen LogP contribution in [0, 0.1) is 5.41 Å². The summed E-state index contributed by atoms with van der Waals surface area (Å²) in [5, 5.41) is 18.0. The van der Waals surface area contributed by atoms with E-state index in [0.29, 0.717) is 11.6 Å². The molecule has 87 heavy (non-hydrogen) atoms. The number of ether oxygens (including phenoxy) is 4. The molecular weight excluding hydrogens is 1320 g/mol. The van der Waals surface area contributed by atoms with E-state index >= 15 is 0 Å². The standard InChI is InChI=1S/C15H9F19O3.C15H18O4.C13H9F15O3/c1-2-6(36)37-4-5(35)3-7(16,17)9(19,20)11(23,24)13(27,28)12(25,26)10(21,22)8(18,14(29,30)31)15(32,33)34;1-4-13(16)18-10-15(2,3)11-19-14(17)12-8-6-5-7-9-12;1-2-6(30)31-4-5(29)3-7(14,15)9(17,18)11(21,22)10(19,20)8(16,12(23,24)25)13(26,27)28/h2,5,35H,1,3-4H2;4-9H,1,10-11H2,2-3H3;2,5,29H,1,3-4H2. The Morgan fingerprint density at radius 1 is 0.391 bits per heavy atom. The normalized spacial score (nSPS) is 15.1. The SMILES string of the molecule is C=CC(=O)OCC(C)(C)COC(=O)c1ccccc1.C=CC(=O)OCC(O)CC(F)(F)C(F)(F)C(F)(F)C(F)(F)C(F)(C(F)(F)F)C(F)(F)F.C=CC(=O)OCC(O)CC(F)(F)C(F)(F)C(F)(F)C(F)(F)C(F)(F)C(F)(F)C(F)(C(F)(F)F)C(F)(F)F. The van der Waals surface area contributed by atoms with E-state index in [2.05, 4.69) is 29.2 Å². The fourth-order valence-electron chi connectivity index (χ4n) is 5.44. The molecule has 1 rings (SSSR count). The number of carbonyl (C=O) groups is 4. The molecule has 0 saturated heterocycles. The highest BCUT2D eigenvalue weighted by Gasteiger charge is 2.99. The zero-order valence-electron chi connectivity index (χ0n) is 42.1. The lowest BCUT2D eigenvalue weighted by Gasteiger charge is -2.45. The fourth-order valence-corrected chi connectivity index (χ4v) is 5.44. The van der Waals surface area contributed by atoms with Crippen LogP contribution in [0.15, 0.2) is 68.3 Å². The van der Waals surface area contributed by atoms with Crippen molar-refractivity contribution >= 4 is 23.9 Å². The number of hydrogen-bond donors (Lipinski definition) is 2. The summed E-state index contributed by atoms with van der Waals surface area (Å²) >= 11 is 0. The Hall–Kier alpha value is -6.14. The van der Waals surface area contributed by atoms with Crippen molar-refractivity contribution in [3.05, 3.63) is 73.9 Å². The maximum absolute atomic E-state index is 13.7. The van der Waals surface area contributed by atoms with Crippen LogP contribution in [0.5, 0.6) is 0 Å². The first-order valence-electron chi connectivity index (χ1n) is 21.5. The Labute approximate surface area is 461 Å². The first-order chi connectivity index (χ1) is 38.1. The van der Waals surface area contributed by atoms with Gasteiger partial charge in [-0.05, 0) is 12.1 Å². The molecule has 2 unspecified atom stereocenters. The number of rotatable bonds is 26. The summed E-state index contributed by atoms with van der Waals surface area (Å²) in [6.45, 7) is 9.29. The Morgan fingerprint density at radius 3 is 0.908 bits per heavy atom. The maximum Gasteiger partial charge on any atom is 0.438 e. The van der Waals surface area contributed by atoms with Crippen LogP contribution in [-0.4, -0.2) is 168 Å². The summed E-state index contributed by atoms with van der Waals surface area (Å²) < 4.78 is 463. The van der Waals surface area contributed by atoms with E-state index in [1.807, 2.05) is 19.9 Å². The van der Waals surface area contributed by atoms with Gasteiger partial charge in [-0.2, -0.15) is 140 Å². The Bertz CT molecular complexity index is 2470. The topological polar surface area (TPSA) is 146 Å². The van der Waals surface area contributed by atoms with Crippen molar-refractivity contribution in [1.29, 1.82) is 0 Å². The Morgan fingerprint density at radius 2 is 0.632 bits per heavy atom. The van der Waals surface area contributed by atoms with Gasteiger partial charge in [0.25, 0.3) is 0 Å². The third-order valence-electron chi connectivity index (χ3n) is 10.2. The lowest BCUT2D eigenvalue weighted by atomic mass is 9.83. The molecule has 2 atom stereocenters. The number of aliphatic hydroxyl groups excluding tert-OH is 2. The molecule has 506 valence electrons. The number of carbonyl (C=O) groups excluding carboxylic acids is 4. The van der Waals surface area contributed by atoms with Crippen molar-refractivity contribution in [3.8, 4) is 0 Å². The van der Waals surface area contributed by atoms with E-state index in [4.69, 9.17) is 19.7 Å². The summed E-state index contributed by atoms with van der Waals surface area (Å²) in [5.41, 5.74) is -17.1. The van der Waals surface area contributed by atoms with Crippen LogP contribution in [0.3, 0.4) is 0 Å². The van der Waals surface area contributed by atoms with Crippen LogP contribution in [0.25, 0.3) is 0 Å². The van der Waals surface area contributed by atoms with E-state index in [-0.39, 0.29) is 25.3 Å². The summed E-state index contributed by atoms with van der Waals surface area (Å²) in [6.07, 6.45) is -43.6. The fraction of sp³-hybridized carbons (Fsp3) is 0.628. The Kier molecular flexibility index (Phi) is 26.0. The van der Waals surface area contributed by atoms with Crippen LogP contribution in [0.2, 0.25) is 0 Å². The van der Waals surface area contributed by atoms with Crippen molar-refractivity contribution in [1.82, 2.24) is 0 Å². The van der Waals surface area contributed by atoms with Crippen LogP contribution in [-0.2, 0) is 33.3 Å². The average Bonchev–Trinajstić information content (AvgIpc) is 0.704. The van der Waals surface area contributed by atoms with E-state index < -0.39 is 157 Å². The molecule has 0 aliphatic heterocycles. The average molecular weight is 1360 g/mol. The van der Waals surface area contributed by atoms with E-state index in [1.54, 1.807) is 24.3 Å². The molecular formula is C43H36F34O10. The van der Waals surface area contributed by atoms with Gasteiger partial charge in [-0.15, -0.1) is 0 Å². The van der Waals surface area contributed by atoms with E-state index in [0.717, 1.165) is 6.08 Å². The molecule has 0 aliphatic carbocycles. The Balaban J connectivity index is 0. The van der Waals surface area contributed by atoms with Crippen LogP contribution in [0.1, 0.15) is 37.0 Å². The number of esters is 4.